The van der Waals surface area contributed by atoms with Crippen LogP contribution in [0.25, 0.3) is 16.8 Å². The van der Waals surface area contributed by atoms with Crippen LogP contribution in [0.3, 0.4) is 0 Å². The third-order valence-corrected chi connectivity index (χ3v) is 4.33. The van der Waals surface area contributed by atoms with Crippen LogP contribution in [0.4, 0.5) is 13.2 Å². The van der Waals surface area contributed by atoms with Crippen molar-refractivity contribution < 1.29 is 22.7 Å². The molecule has 0 radical (unpaired) electrons. The van der Waals surface area contributed by atoms with Crippen molar-refractivity contribution in [1.82, 2.24) is 14.6 Å². The maximum atomic E-state index is 12.8. The molecular weight excluding hydrogens is 359 g/mol. The van der Waals surface area contributed by atoms with Crippen LogP contribution in [0.5, 0.6) is 0 Å². The molecule has 1 unspecified atom stereocenters. The molecule has 0 aliphatic heterocycles. The Kier molecular flexibility index (Phi) is 4.91. The third kappa shape index (κ3) is 3.51. The molecule has 0 N–H and O–H groups in total. The Bertz CT molecular complexity index is 978. The lowest BCUT2D eigenvalue weighted by Gasteiger charge is -2.15. The fourth-order valence-electron chi connectivity index (χ4n) is 2.98. The van der Waals surface area contributed by atoms with E-state index in [1.165, 1.54) is 18.3 Å². The van der Waals surface area contributed by atoms with E-state index in [1.807, 2.05) is 6.92 Å². The Labute approximate surface area is 153 Å². The van der Waals surface area contributed by atoms with Crippen molar-refractivity contribution in [3.8, 4) is 11.1 Å². The molecule has 0 aliphatic rings. The van der Waals surface area contributed by atoms with Crippen LogP contribution in [0, 0.1) is 6.92 Å². The van der Waals surface area contributed by atoms with Crippen molar-refractivity contribution in [2.75, 3.05) is 6.61 Å². The van der Waals surface area contributed by atoms with E-state index >= 15 is 0 Å². The smallest absolute Gasteiger partial charge is 0.416 e. The summed E-state index contributed by atoms with van der Waals surface area (Å²) in [5.41, 5.74) is 2.29. The van der Waals surface area contributed by atoms with Crippen LogP contribution in [-0.2, 0) is 15.7 Å². The molecule has 2 aromatic heterocycles. The van der Waals surface area contributed by atoms with Gasteiger partial charge in [0, 0.05) is 11.8 Å². The fourth-order valence-corrected chi connectivity index (χ4v) is 2.98. The Morgan fingerprint density at radius 3 is 2.48 bits per heavy atom. The van der Waals surface area contributed by atoms with Gasteiger partial charge in [0.25, 0.3) is 0 Å². The molecular formula is C19H18F3N3O2. The Morgan fingerprint density at radius 1 is 1.22 bits per heavy atom. The molecule has 0 aliphatic carbocycles. The van der Waals surface area contributed by atoms with Gasteiger partial charge < -0.3 is 4.74 Å². The number of carbonyl (C=O) groups excluding carboxylic acids is 1. The van der Waals surface area contributed by atoms with Crippen LogP contribution in [0.2, 0.25) is 0 Å². The van der Waals surface area contributed by atoms with E-state index in [0.717, 1.165) is 17.7 Å². The van der Waals surface area contributed by atoms with E-state index in [9.17, 15) is 18.0 Å². The number of carbonyl (C=O) groups is 1. The highest BCUT2D eigenvalue weighted by atomic mass is 19.4. The van der Waals surface area contributed by atoms with Gasteiger partial charge >= 0.3 is 12.1 Å². The number of benzene rings is 1. The van der Waals surface area contributed by atoms with Crippen molar-refractivity contribution in [3.63, 3.8) is 0 Å². The number of hydrogen-bond donors (Lipinski definition) is 0. The largest absolute Gasteiger partial charge is 0.465 e. The monoisotopic (exact) mass is 377 g/mol. The first-order valence-corrected chi connectivity index (χ1v) is 8.41. The molecule has 0 saturated heterocycles. The van der Waals surface area contributed by atoms with Gasteiger partial charge in [0.05, 0.1) is 30.0 Å². The van der Waals surface area contributed by atoms with E-state index in [0.29, 0.717) is 22.5 Å². The van der Waals surface area contributed by atoms with Gasteiger partial charge in [0.2, 0.25) is 0 Å². The molecule has 27 heavy (non-hydrogen) atoms. The maximum absolute atomic E-state index is 12.8. The Hall–Kier alpha value is -2.90. The van der Waals surface area contributed by atoms with Gasteiger partial charge in [-0.1, -0.05) is 12.1 Å². The first kappa shape index (κ1) is 18.9. The summed E-state index contributed by atoms with van der Waals surface area (Å²) in [6, 6.07) is 4.82. The second-order valence-corrected chi connectivity index (χ2v) is 6.17. The van der Waals surface area contributed by atoms with Gasteiger partial charge in [0.15, 0.2) is 5.65 Å². The van der Waals surface area contributed by atoms with Crippen molar-refractivity contribution in [3.05, 3.63) is 53.5 Å². The topological polar surface area (TPSA) is 56.5 Å². The number of hydrogen-bond acceptors (Lipinski definition) is 4. The number of esters is 1. The van der Waals surface area contributed by atoms with Crippen LogP contribution < -0.4 is 0 Å². The second-order valence-electron chi connectivity index (χ2n) is 6.17. The average molecular weight is 377 g/mol. The lowest BCUT2D eigenvalue weighted by Crippen LogP contribution is -2.18. The minimum atomic E-state index is -4.39. The summed E-state index contributed by atoms with van der Waals surface area (Å²) in [6.45, 7) is 5.54. The minimum absolute atomic E-state index is 0.270. The summed E-state index contributed by atoms with van der Waals surface area (Å²) in [7, 11) is 0. The van der Waals surface area contributed by atoms with Gasteiger partial charge in [-0.2, -0.15) is 18.3 Å². The highest BCUT2D eigenvalue weighted by Gasteiger charge is 2.30. The highest BCUT2D eigenvalue weighted by molar-refractivity contribution is 5.80. The molecule has 0 amide bonds. The zero-order valence-electron chi connectivity index (χ0n) is 15.0. The Balaban J connectivity index is 2.08. The van der Waals surface area contributed by atoms with Crippen molar-refractivity contribution >= 4 is 11.6 Å². The van der Waals surface area contributed by atoms with Crippen molar-refractivity contribution in [2.45, 2.75) is 32.9 Å². The lowest BCUT2D eigenvalue weighted by molar-refractivity contribution is -0.144. The number of halogens is 3. The fraction of sp³-hybridized carbons (Fsp3) is 0.316. The summed E-state index contributed by atoms with van der Waals surface area (Å²) in [5, 5.41) is 4.31. The van der Waals surface area contributed by atoms with Crippen molar-refractivity contribution in [2.24, 2.45) is 0 Å². The summed E-state index contributed by atoms with van der Waals surface area (Å²) in [6.07, 6.45) is -1.24. The van der Waals surface area contributed by atoms with Gasteiger partial charge in [-0.05, 0) is 44.0 Å². The van der Waals surface area contributed by atoms with E-state index < -0.39 is 17.7 Å². The first-order valence-electron chi connectivity index (χ1n) is 8.41. The van der Waals surface area contributed by atoms with Crippen LogP contribution in [-0.4, -0.2) is 27.2 Å². The van der Waals surface area contributed by atoms with E-state index in [1.54, 1.807) is 24.6 Å². The summed E-state index contributed by atoms with van der Waals surface area (Å²) in [4.78, 5) is 16.5. The molecule has 5 nitrogen and oxygen atoms in total. The molecule has 0 bridgehead atoms. The molecule has 8 heteroatoms. The Morgan fingerprint density at radius 2 is 1.89 bits per heavy atom. The number of aromatic nitrogens is 3. The standard InChI is InChI=1S/C19H18F3N3O2/c1-4-27-18(26)12(3)16-11(2)9-23-17-15(10-24-25(16)17)13-5-7-14(8-6-13)19(20,21)22/h5-10,12H,4H2,1-3H3. The number of nitrogens with zero attached hydrogens (tertiary/aromatic N) is 3. The zero-order chi connectivity index (χ0) is 19.8. The average Bonchev–Trinajstić information content (AvgIpc) is 3.04. The van der Waals surface area contributed by atoms with E-state index in [-0.39, 0.29) is 12.6 Å². The summed E-state index contributed by atoms with van der Waals surface area (Å²) in [5.74, 6) is -0.935. The predicted molar refractivity (Wildman–Crippen MR) is 93.2 cm³/mol. The number of fused-ring (bicyclic) bond motifs is 1. The first-order chi connectivity index (χ1) is 12.7. The van der Waals surface area contributed by atoms with E-state index in [2.05, 4.69) is 10.1 Å². The second kappa shape index (κ2) is 7.02. The van der Waals surface area contributed by atoms with Crippen molar-refractivity contribution in [1.29, 1.82) is 0 Å². The number of aryl methyl sites for hydroxylation is 1. The highest BCUT2D eigenvalue weighted by Crippen LogP contribution is 2.32. The maximum Gasteiger partial charge on any atom is 0.416 e. The van der Waals surface area contributed by atoms with Gasteiger partial charge in [-0.15, -0.1) is 0 Å². The molecule has 3 rings (SSSR count). The molecule has 0 spiro atoms. The summed E-state index contributed by atoms with van der Waals surface area (Å²) < 4.78 is 44.9. The normalized spacial score (nSPS) is 13.0. The quantitative estimate of drug-likeness (QED) is 0.633. The van der Waals surface area contributed by atoms with Gasteiger partial charge in [-0.3, -0.25) is 4.79 Å². The molecule has 1 aromatic carbocycles. The molecule has 142 valence electrons. The van der Waals surface area contributed by atoms with Gasteiger partial charge in [0.1, 0.15) is 0 Å². The minimum Gasteiger partial charge on any atom is -0.465 e. The lowest BCUT2D eigenvalue weighted by atomic mass is 10.0. The molecule has 0 fully saturated rings. The SMILES string of the molecule is CCOC(=O)C(C)c1c(C)cnc2c(-c3ccc(C(F)(F)F)cc3)cnn12. The van der Waals surface area contributed by atoms with Crippen LogP contribution in [0.1, 0.15) is 36.6 Å². The van der Waals surface area contributed by atoms with Crippen LogP contribution >= 0.6 is 0 Å². The van der Waals surface area contributed by atoms with Crippen LogP contribution in [0.15, 0.2) is 36.7 Å². The molecule has 1 atom stereocenters. The third-order valence-electron chi connectivity index (χ3n) is 4.33. The molecule has 3 aromatic rings. The number of ether oxygens (including phenoxy) is 1. The predicted octanol–water partition coefficient (Wildman–Crippen LogP) is 4.39. The summed E-state index contributed by atoms with van der Waals surface area (Å²) >= 11 is 0. The number of rotatable bonds is 4. The molecule has 0 saturated carbocycles. The number of alkyl halides is 3. The zero-order valence-corrected chi connectivity index (χ0v) is 15.0. The molecule has 2 heterocycles. The van der Waals surface area contributed by atoms with Gasteiger partial charge in [-0.25, -0.2) is 9.50 Å². The van der Waals surface area contributed by atoms with E-state index in [4.69, 9.17) is 4.74 Å².